The number of aliphatic hydroxyl groups is 1. The van der Waals surface area contributed by atoms with Gasteiger partial charge in [0.05, 0.1) is 57.5 Å². The second kappa shape index (κ2) is 66.3. The number of amides is 2. The molecule has 0 heterocycles. The first-order valence-electron chi connectivity index (χ1n) is 38.5. The van der Waals surface area contributed by atoms with E-state index in [1.54, 1.807) is 0 Å². The molecule has 2 amide bonds. The van der Waals surface area contributed by atoms with E-state index in [1.807, 2.05) is 60.7 Å². The molecule has 0 spiro atoms. The third-order valence-electron chi connectivity index (χ3n) is 17.3. The molecular formula is C80H140N2O11. The summed E-state index contributed by atoms with van der Waals surface area (Å²) in [5.74, 6) is -1.14. The Hall–Kier alpha value is -4.33. The lowest BCUT2D eigenvalue weighted by Gasteiger charge is -2.21. The van der Waals surface area contributed by atoms with Crippen LogP contribution in [-0.2, 0) is 60.9 Å². The van der Waals surface area contributed by atoms with E-state index >= 15 is 0 Å². The maximum Gasteiger partial charge on any atom is 0.309 e. The zero-order valence-corrected chi connectivity index (χ0v) is 60.3. The van der Waals surface area contributed by atoms with Gasteiger partial charge in [0.2, 0.25) is 11.8 Å². The average Bonchev–Trinajstić information content (AvgIpc) is 3.70. The number of esters is 3. The lowest BCUT2D eigenvalue weighted by atomic mass is 10.1. The lowest BCUT2D eigenvalue weighted by Crippen LogP contribution is -2.42. The highest BCUT2D eigenvalue weighted by atomic mass is 16.6. The molecule has 0 radical (unpaired) electrons. The molecule has 0 saturated carbocycles. The maximum absolute atomic E-state index is 13.1. The number of carbonyl (C=O) groups excluding carboxylic acids is 5. The van der Waals surface area contributed by atoms with Gasteiger partial charge in [-0.2, -0.15) is 0 Å². The summed E-state index contributed by atoms with van der Waals surface area (Å²) < 4.78 is 28.8. The number of carbonyl (C=O) groups is 5. The van der Waals surface area contributed by atoms with E-state index in [0.29, 0.717) is 45.3 Å². The van der Waals surface area contributed by atoms with Crippen molar-refractivity contribution in [3.8, 4) is 0 Å². The van der Waals surface area contributed by atoms with E-state index in [0.717, 1.165) is 107 Å². The van der Waals surface area contributed by atoms with E-state index in [9.17, 15) is 29.1 Å². The molecule has 0 aliphatic rings. The molecule has 2 aromatic carbocycles. The summed E-state index contributed by atoms with van der Waals surface area (Å²) in [6.07, 6.45) is 50.4. The molecule has 536 valence electrons. The molecule has 0 fully saturated rings. The molecule has 0 bridgehead atoms. The number of nitrogens with one attached hydrogen (secondary N) is 2. The zero-order valence-electron chi connectivity index (χ0n) is 60.3. The molecule has 0 aliphatic heterocycles. The number of aliphatic hydroxyl groups excluding tert-OH is 1. The molecule has 2 aromatic rings. The van der Waals surface area contributed by atoms with Gasteiger partial charge in [-0.15, -0.1) is 0 Å². The van der Waals surface area contributed by atoms with Gasteiger partial charge in [-0.05, 0) is 49.7 Å². The highest BCUT2D eigenvalue weighted by Gasteiger charge is 2.23. The van der Waals surface area contributed by atoms with Crippen molar-refractivity contribution in [3.63, 3.8) is 0 Å². The van der Waals surface area contributed by atoms with Crippen molar-refractivity contribution in [1.82, 2.24) is 10.6 Å². The lowest BCUT2D eigenvalue weighted by molar-refractivity contribution is -0.156. The van der Waals surface area contributed by atoms with Crippen LogP contribution in [0.15, 0.2) is 60.7 Å². The van der Waals surface area contributed by atoms with Gasteiger partial charge < -0.3 is 39.4 Å². The Morgan fingerprint density at radius 2 is 0.645 bits per heavy atom. The number of hydrogen-bond acceptors (Lipinski definition) is 11. The van der Waals surface area contributed by atoms with Gasteiger partial charge in [0.15, 0.2) is 0 Å². The molecule has 13 nitrogen and oxygen atoms in total. The summed E-state index contributed by atoms with van der Waals surface area (Å²) in [4.78, 5) is 63.7. The predicted molar refractivity (Wildman–Crippen MR) is 384 cm³/mol. The van der Waals surface area contributed by atoms with Crippen molar-refractivity contribution in [3.05, 3.63) is 71.8 Å². The van der Waals surface area contributed by atoms with Crippen LogP contribution in [0.3, 0.4) is 0 Å². The van der Waals surface area contributed by atoms with Crippen LogP contribution in [0, 0.1) is 0 Å². The van der Waals surface area contributed by atoms with Crippen LogP contribution in [0.2, 0.25) is 0 Å². The molecule has 93 heavy (non-hydrogen) atoms. The predicted octanol–water partition coefficient (Wildman–Crippen LogP) is 20.6. The third kappa shape index (κ3) is 58.7. The number of rotatable bonds is 65. The first kappa shape index (κ1) is 86.7. The van der Waals surface area contributed by atoms with Gasteiger partial charge in [-0.25, -0.2) is 0 Å². The summed E-state index contributed by atoms with van der Waals surface area (Å²) in [7, 11) is 0. The fourth-order valence-corrected chi connectivity index (χ4v) is 11.5. The van der Waals surface area contributed by atoms with Gasteiger partial charge in [0.25, 0.3) is 0 Å². The van der Waals surface area contributed by atoms with Crippen LogP contribution in [-0.4, -0.2) is 85.5 Å². The zero-order chi connectivity index (χ0) is 67.6. The second-order valence-electron chi connectivity index (χ2n) is 26.6. The van der Waals surface area contributed by atoms with Crippen LogP contribution in [0.4, 0.5) is 0 Å². The molecule has 0 unspecified atom stereocenters. The summed E-state index contributed by atoms with van der Waals surface area (Å²) >= 11 is 0. The molecule has 0 saturated heterocycles. The first-order chi connectivity index (χ1) is 45.5. The topological polar surface area (TPSA) is 176 Å². The summed E-state index contributed by atoms with van der Waals surface area (Å²) in [5.41, 5.74) is 2.09. The Labute approximate surface area is 569 Å². The molecule has 4 atom stereocenters. The number of unbranched alkanes of at least 4 members (excludes halogenated alkanes) is 36. The minimum atomic E-state index is -0.683. The highest BCUT2D eigenvalue weighted by molar-refractivity contribution is 5.77. The van der Waals surface area contributed by atoms with Gasteiger partial charge in [-0.1, -0.05) is 333 Å². The Morgan fingerprint density at radius 1 is 0.344 bits per heavy atom. The molecule has 0 aromatic heterocycles. The molecule has 2 rings (SSSR count). The van der Waals surface area contributed by atoms with Crippen LogP contribution in [0.1, 0.15) is 354 Å². The summed E-state index contributed by atoms with van der Waals surface area (Å²) in [6, 6.07) is 18.9. The molecular weight excluding hydrogens is 1160 g/mol. The fraction of sp³-hybridized carbons (Fsp3) is 0.787. The van der Waals surface area contributed by atoms with Crippen LogP contribution >= 0.6 is 0 Å². The van der Waals surface area contributed by atoms with Crippen molar-refractivity contribution in [2.45, 2.75) is 380 Å². The normalized spacial score (nSPS) is 12.5. The summed E-state index contributed by atoms with van der Waals surface area (Å²) in [6.45, 7) is 12.5. The van der Waals surface area contributed by atoms with Crippen LogP contribution < -0.4 is 10.6 Å². The average molecular weight is 1310 g/mol. The number of benzene rings is 2. The Balaban J connectivity index is 0.000000967. The van der Waals surface area contributed by atoms with Gasteiger partial charge in [0, 0.05) is 19.3 Å². The van der Waals surface area contributed by atoms with E-state index in [2.05, 4.69) is 45.3 Å². The third-order valence-corrected chi connectivity index (χ3v) is 17.3. The Kier molecular flexibility index (Phi) is 61.8. The minimum Gasteiger partial charge on any atom is -0.463 e. The van der Waals surface area contributed by atoms with Crippen LogP contribution in [0.5, 0.6) is 0 Å². The van der Waals surface area contributed by atoms with Crippen LogP contribution in [0.25, 0.3) is 0 Å². The van der Waals surface area contributed by atoms with E-state index in [4.69, 9.17) is 23.7 Å². The first-order valence-corrected chi connectivity index (χ1v) is 38.5. The van der Waals surface area contributed by atoms with E-state index in [1.165, 1.54) is 167 Å². The Morgan fingerprint density at radius 3 is 1.00 bits per heavy atom. The minimum absolute atomic E-state index is 0.0158. The van der Waals surface area contributed by atoms with Crippen molar-refractivity contribution >= 4 is 29.7 Å². The largest absolute Gasteiger partial charge is 0.463 e. The quantitative estimate of drug-likeness (QED) is 0.0326. The highest BCUT2D eigenvalue weighted by Crippen LogP contribution is 2.19. The standard InChI is InChI=1S/C46H81NO6.C34H59NO5/c1-4-7-10-13-15-17-18-20-21-24-30-35-44(48)47-42(39-51-38-41-32-27-26-28-33-41)40-52-46(50)37-43(34-29-23-12-9-6-3)53-45(49)36-31-25-22-19-16-14-11-8-5-2;1-3-5-7-9-10-11-12-13-14-16-21-25-33(37)35-31(28-39-27-30-22-18-17-19-23-30)29-40-34(38)26-32(36)24-20-15-8-6-4-2/h26-28,32-33,42-43H,4-25,29-31,34-40H2,1-3H3,(H,47,48);17-19,22-23,31-32,36H,3-16,20-21,24-29H2,1-2H3,(H,35,37)/t42-,43-;31-,32-/m11/s1. The van der Waals surface area contributed by atoms with Gasteiger partial charge in [-0.3, -0.25) is 24.0 Å². The van der Waals surface area contributed by atoms with Crippen molar-refractivity contribution < 1.29 is 52.8 Å². The maximum atomic E-state index is 13.1. The number of hydrogen-bond donors (Lipinski definition) is 3. The second-order valence-corrected chi connectivity index (χ2v) is 26.6. The SMILES string of the molecule is CCCCCCCCCCCCCC(=O)N[C@H](COCc1ccccc1)COC(=O)C[C@@H](CCCCCCC)OC(=O)CCCCCCCCCCC.CCCCCCCCCCCCCC(=O)N[C@H](COCc1ccccc1)COC(=O)C[C@H](O)CCCCCCC. The van der Waals surface area contributed by atoms with Gasteiger partial charge in [0.1, 0.15) is 19.3 Å². The van der Waals surface area contributed by atoms with Crippen molar-refractivity contribution in [2.24, 2.45) is 0 Å². The van der Waals surface area contributed by atoms with E-state index < -0.39 is 36.2 Å². The Bertz CT molecular complexity index is 1990. The molecule has 3 N–H and O–H groups in total. The molecule has 13 heteroatoms. The van der Waals surface area contributed by atoms with Crippen molar-refractivity contribution in [2.75, 3.05) is 26.4 Å². The fourth-order valence-electron chi connectivity index (χ4n) is 11.5. The van der Waals surface area contributed by atoms with Crippen molar-refractivity contribution in [1.29, 1.82) is 0 Å². The van der Waals surface area contributed by atoms with E-state index in [-0.39, 0.29) is 57.1 Å². The molecule has 0 aliphatic carbocycles. The number of ether oxygens (including phenoxy) is 5. The smallest absolute Gasteiger partial charge is 0.309 e. The monoisotopic (exact) mass is 1310 g/mol. The summed E-state index contributed by atoms with van der Waals surface area (Å²) in [5, 5.41) is 16.2. The van der Waals surface area contributed by atoms with Gasteiger partial charge >= 0.3 is 17.9 Å².